The topological polar surface area (TPSA) is 29.5 Å². The molecular formula is C13H13ClF3NO2. The summed E-state index contributed by atoms with van der Waals surface area (Å²) in [5.41, 5.74) is 0.324. The van der Waals surface area contributed by atoms with Crippen LogP contribution in [0.3, 0.4) is 0 Å². The Hall–Kier alpha value is -1.43. The van der Waals surface area contributed by atoms with Crippen LogP contribution in [0.1, 0.15) is 23.2 Å². The summed E-state index contributed by atoms with van der Waals surface area (Å²) in [4.78, 5) is 13.8. The highest BCUT2D eigenvalue weighted by Crippen LogP contribution is 2.24. The fourth-order valence-electron chi connectivity index (χ4n) is 2.09. The summed E-state index contributed by atoms with van der Waals surface area (Å²) >= 11 is 6.00. The minimum atomic E-state index is -4.73. The Bertz CT molecular complexity index is 475. The summed E-state index contributed by atoms with van der Waals surface area (Å²) < 4.78 is 39.8. The molecule has 3 nitrogen and oxygen atoms in total. The van der Waals surface area contributed by atoms with Crippen LogP contribution in [-0.4, -0.2) is 35.6 Å². The number of alkyl halides is 4. The van der Waals surface area contributed by atoms with Gasteiger partial charge in [0, 0.05) is 18.7 Å². The zero-order valence-electron chi connectivity index (χ0n) is 10.5. The van der Waals surface area contributed by atoms with E-state index in [1.165, 1.54) is 12.1 Å². The van der Waals surface area contributed by atoms with Crippen LogP contribution in [0, 0.1) is 0 Å². The van der Waals surface area contributed by atoms with Gasteiger partial charge in [-0.1, -0.05) is 0 Å². The number of rotatable bonds is 2. The van der Waals surface area contributed by atoms with Crippen LogP contribution in [0.2, 0.25) is 0 Å². The number of halogens is 4. The van der Waals surface area contributed by atoms with Gasteiger partial charge < -0.3 is 9.64 Å². The van der Waals surface area contributed by atoms with Crippen molar-refractivity contribution in [2.75, 3.05) is 13.1 Å². The molecule has 0 N–H and O–H groups in total. The van der Waals surface area contributed by atoms with Gasteiger partial charge in [-0.3, -0.25) is 4.79 Å². The number of hydrogen-bond acceptors (Lipinski definition) is 2. The van der Waals surface area contributed by atoms with Crippen LogP contribution in [-0.2, 0) is 0 Å². The molecule has 20 heavy (non-hydrogen) atoms. The first-order chi connectivity index (χ1) is 9.35. The molecule has 0 bridgehead atoms. The fourth-order valence-corrected chi connectivity index (χ4v) is 2.41. The Labute approximate surface area is 119 Å². The van der Waals surface area contributed by atoms with Crippen molar-refractivity contribution in [2.45, 2.75) is 24.6 Å². The van der Waals surface area contributed by atoms with Crippen molar-refractivity contribution in [2.24, 2.45) is 0 Å². The standard InChI is InChI=1S/C13H13ClF3NO2/c14-10-2-1-7-18(8-10)12(19)9-3-5-11(6-4-9)20-13(15,16)17/h3-6,10H,1-2,7-8H2. The van der Waals surface area contributed by atoms with E-state index in [4.69, 9.17) is 11.6 Å². The van der Waals surface area contributed by atoms with Crippen molar-refractivity contribution in [3.63, 3.8) is 0 Å². The summed E-state index contributed by atoms with van der Waals surface area (Å²) in [6.45, 7) is 1.07. The predicted molar refractivity (Wildman–Crippen MR) is 67.9 cm³/mol. The van der Waals surface area contributed by atoms with E-state index in [0.717, 1.165) is 25.0 Å². The van der Waals surface area contributed by atoms with Crippen LogP contribution in [0.15, 0.2) is 24.3 Å². The number of hydrogen-bond donors (Lipinski definition) is 0. The average Bonchev–Trinajstić information content (AvgIpc) is 2.37. The molecule has 1 fully saturated rings. The van der Waals surface area contributed by atoms with Gasteiger partial charge in [-0.15, -0.1) is 24.8 Å². The lowest BCUT2D eigenvalue weighted by atomic mass is 10.1. The largest absolute Gasteiger partial charge is 0.573 e. The van der Waals surface area contributed by atoms with Gasteiger partial charge in [0.2, 0.25) is 0 Å². The molecule has 0 aliphatic carbocycles. The maximum atomic E-state index is 12.1. The lowest BCUT2D eigenvalue weighted by molar-refractivity contribution is -0.274. The van der Waals surface area contributed by atoms with Gasteiger partial charge in [-0.05, 0) is 37.1 Å². The van der Waals surface area contributed by atoms with Crippen LogP contribution in [0.4, 0.5) is 13.2 Å². The average molecular weight is 308 g/mol. The minimum Gasteiger partial charge on any atom is -0.406 e. The van der Waals surface area contributed by atoms with E-state index < -0.39 is 6.36 Å². The van der Waals surface area contributed by atoms with Crippen molar-refractivity contribution < 1.29 is 22.7 Å². The van der Waals surface area contributed by atoms with Crippen molar-refractivity contribution in [1.82, 2.24) is 4.90 Å². The van der Waals surface area contributed by atoms with Gasteiger partial charge in [0.25, 0.3) is 5.91 Å². The maximum Gasteiger partial charge on any atom is 0.573 e. The summed E-state index contributed by atoms with van der Waals surface area (Å²) in [6.07, 6.45) is -3.04. The predicted octanol–water partition coefficient (Wildman–Crippen LogP) is 3.43. The normalized spacial score (nSPS) is 19.8. The Kier molecular flexibility index (Phi) is 4.42. The van der Waals surface area contributed by atoms with Crippen molar-refractivity contribution in [1.29, 1.82) is 0 Å². The SMILES string of the molecule is O=C(c1ccc(OC(F)(F)F)cc1)N1CCCC(Cl)C1. The fraction of sp³-hybridized carbons (Fsp3) is 0.462. The number of benzene rings is 1. The van der Waals surface area contributed by atoms with Gasteiger partial charge in [-0.2, -0.15) is 0 Å². The molecule has 1 unspecified atom stereocenters. The van der Waals surface area contributed by atoms with Gasteiger partial charge in [0.15, 0.2) is 0 Å². The number of likely N-dealkylation sites (tertiary alicyclic amines) is 1. The number of ether oxygens (including phenoxy) is 1. The van der Waals surface area contributed by atoms with E-state index in [-0.39, 0.29) is 17.0 Å². The van der Waals surface area contributed by atoms with Crippen LogP contribution in [0.25, 0.3) is 0 Å². The molecule has 1 aliphatic heterocycles. The van der Waals surface area contributed by atoms with E-state index in [9.17, 15) is 18.0 Å². The molecule has 0 radical (unpaired) electrons. The summed E-state index contributed by atoms with van der Waals surface area (Å²) in [7, 11) is 0. The lowest BCUT2D eigenvalue weighted by Gasteiger charge is -2.29. The van der Waals surface area contributed by atoms with Crippen LogP contribution < -0.4 is 4.74 Å². The van der Waals surface area contributed by atoms with E-state index >= 15 is 0 Å². The first-order valence-electron chi connectivity index (χ1n) is 6.14. The van der Waals surface area contributed by atoms with E-state index in [2.05, 4.69) is 4.74 Å². The third-order valence-electron chi connectivity index (χ3n) is 2.99. The lowest BCUT2D eigenvalue weighted by Crippen LogP contribution is -2.40. The Morgan fingerprint density at radius 2 is 1.95 bits per heavy atom. The van der Waals surface area contributed by atoms with E-state index in [1.807, 2.05) is 0 Å². The van der Waals surface area contributed by atoms with E-state index in [0.29, 0.717) is 18.7 Å². The van der Waals surface area contributed by atoms with Gasteiger partial charge >= 0.3 is 6.36 Å². The number of piperidine rings is 1. The van der Waals surface area contributed by atoms with Crippen LogP contribution >= 0.6 is 11.6 Å². The second-order valence-corrected chi connectivity index (χ2v) is 5.18. The number of nitrogens with zero attached hydrogens (tertiary/aromatic N) is 1. The second-order valence-electron chi connectivity index (χ2n) is 4.56. The molecule has 0 aromatic heterocycles. The number of amides is 1. The molecule has 1 atom stereocenters. The van der Waals surface area contributed by atoms with Gasteiger partial charge in [0.1, 0.15) is 5.75 Å². The molecule has 7 heteroatoms. The third-order valence-corrected chi connectivity index (χ3v) is 3.34. The van der Waals surface area contributed by atoms with Crippen molar-refractivity contribution >= 4 is 17.5 Å². The molecule has 2 rings (SSSR count). The molecule has 1 aromatic rings. The summed E-state index contributed by atoms with van der Waals surface area (Å²) in [5, 5.41) is -0.0689. The second kappa shape index (κ2) is 5.91. The molecule has 1 aromatic carbocycles. The minimum absolute atomic E-state index is 0.0689. The van der Waals surface area contributed by atoms with E-state index in [1.54, 1.807) is 4.90 Å². The highest BCUT2D eigenvalue weighted by Gasteiger charge is 2.31. The molecule has 0 spiro atoms. The van der Waals surface area contributed by atoms with Crippen LogP contribution in [0.5, 0.6) is 5.75 Å². The highest BCUT2D eigenvalue weighted by atomic mass is 35.5. The zero-order valence-corrected chi connectivity index (χ0v) is 11.2. The number of carbonyl (C=O) groups excluding carboxylic acids is 1. The van der Waals surface area contributed by atoms with Crippen molar-refractivity contribution in [3.8, 4) is 5.75 Å². The Balaban J connectivity index is 2.04. The van der Waals surface area contributed by atoms with Gasteiger partial charge in [0.05, 0.1) is 5.38 Å². The molecule has 1 aliphatic rings. The molecule has 1 heterocycles. The maximum absolute atomic E-state index is 12.1. The molecular weight excluding hydrogens is 295 g/mol. The number of carbonyl (C=O) groups is 1. The molecule has 0 saturated carbocycles. The monoisotopic (exact) mass is 307 g/mol. The Morgan fingerprint density at radius 3 is 2.50 bits per heavy atom. The highest BCUT2D eigenvalue weighted by molar-refractivity contribution is 6.21. The zero-order chi connectivity index (χ0) is 14.8. The first kappa shape index (κ1) is 15.0. The smallest absolute Gasteiger partial charge is 0.406 e. The van der Waals surface area contributed by atoms with Crippen molar-refractivity contribution in [3.05, 3.63) is 29.8 Å². The quantitative estimate of drug-likeness (QED) is 0.783. The summed E-state index contributed by atoms with van der Waals surface area (Å²) in [6, 6.07) is 4.90. The first-order valence-corrected chi connectivity index (χ1v) is 6.58. The third kappa shape index (κ3) is 4.03. The molecule has 1 saturated heterocycles. The molecule has 1 amide bonds. The Morgan fingerprint density at radius 1 is 1.30 bits per heavy atom. The summed E-state index contributed by atoms with van der Waals surface area (Å²) in [5.74, 6) is -0.572. The molecule has 110 valence electrons. The van der Waals surface area contributed by atoms with Gasteiger partial charge in [-0.25, -0.2) is 0 Å².